The molecule has 1 saturated carbocycles. The molecule has 2 N–H and O–H groups in total. The van der Waals surface area contributed by atoms with Gasteiger partial charge in [-0.15, -0.1) is 0 Å². The summed E-state index contributed by atoms with van der Waals surface area (Å²) < 4.78 is 6.12. The molecule has 0 saturated heterocycles. The van der Waals surface area contributed by atoms with E-state index in [1.54, 1.807) is 12.4 Å². The number of nitrogens with zero attached hydrogens (tertiary/aromatic N) is 1. The van der Waals surface area contributed by atoms with Crippen LogP contribution in [0.5, 0.6) is 5.75 Å². The average molecular weight is 258 g/mol. The van der Waals surface area contributed by atoms with Gasteiger partial charge in [-0.25, -0.2) is 0 Å². The van der Waals surface area contributed by atoms with E-state index in [1.165, 1.54) is 25.7 Å². The van der Waals surface area contributed by atoms with Crippen molar-refractivity contribution in [1.29, 1.82) is 0 Å². The van der Waals surface area contributed by atoms with Crippen LogP contribution in [0, 0.1) is 17.8 Å². The van der Waals surface area contributed by atoms with Gasteiger partial charge in [-0.2, -0.15) is 0 Å². The zero-order valence-electron chi connectivity index (χ0n) is 11.6. The first-order chi connectivity index (χ1) is 9.33. The third kappa shape index (κ3) is 3.97. The maximum absolute atomic E-state index is 6.12. The van der Waals surface area contributed by atoms with Gasteiger partial charge < -0.3 is 10.5 Å². The minimum absolute atomic E-state index is 0.332. The van der Waals surface area contributed by atoms with Gasteiger partial charge in [0.05, 0.1) is 12.7 Å². The Morgan fingerprint density at radius 3 is 3.00 bits per heavy atom. The van der Waals surface area contributed by atoms with E-state index in [0.717, 1.165) is 17.7 Å². The van der Waals surface area contributed by atoms with Crippen molar-refractivity contribution in [2.24, 2.45) is 11.7 Å². The van der Waals surface area contributed by atoms with Gasteiger partial charge in [0.2, 0.25) is 0 Å². The molecule has 19 heavy (non-hydrogen) atoms. The summed E-state index contributed by atoms with van der Waals surface area (Å²) in [5.41, 5.74) is 6.24. The van der Waals surface area contributed by atoms with Crippen LogP contribution in [-0.2, 0) is 0 Å². The Balaban J connectivity index is 2.05. The van der Waals surface area contributed by atoms with Crippen molar-refractivity contribution in [2.45, 2.75) is 45.1 Å². The van der Waals surface area contributed by atoms with E-state index in [1.807, 2.05) is 6.07 Å². The Hall–Kier alpha value is -1.53. The summed E-state index contributed by atoms with van der Waals surface area (Å²) >= 11 is 0. The van der Waals surface area contributed by atoms with Crippen molar-refractivity contribution < 1.29 is 4.74 Å². The second kappa shape index (κ2) is 7.16. The lowest BCUT2D eigenvalue weighted by molar-refractivity contribution is 0.0900. The summed E-state index contributed by atoms with van der Waals surface area (Å²) in [6.07, 6.45) is 10.1. The average Bonchev–Trinajstić information content (AvgIpc) is 2.46. The molecule has 1 aromatic rings. The van der Waals surface area contributed by atoms with E-state index in [0.29, 0.717) is 18.6 Å². The van der Waals surface area contributed by atoms with Crippen LogP contribution in [0.15, 0.2) is 18.5 Å². The molecule has 3 heteroatoms. The first-order valence-corrected chi connectivity index (χ1v) is 7.14. The molecule has 1 aromatic heterocycles. The predicted molar refractivity (Wildman–Crippen MR) is 76.8 cm³/mol. The molecule has 1 aliphatic rings. The highest BCUT2D eigenvalue weighted by Crippen LogP contribution is 2.30. The Labute approximate surface area is 115 Å². The lowest BCUT2D eigenvalue weighted by Gasteiger charge is -2.31. The van der Waals surface area contributed by atoms with Crippen LogP contribution in [0.25, 0.3) is 0 Å². The SMILES string of the molecule is CCC1CCCCC1Oc1cncc(C#CCN)c1. The van der Waals surface area contributed by atoms with Crippen LogP contribution in [-0.4, -0.2) is 17.6 Å². The number of pyridine rings is 1. The number of nitrogens with two attached hydrogens (primary N) is 1. The molecule has 0 spiro atoms. The summed E-state index contributed by atoms with van der Waals surface area (Å²) in [5.74, 6) is 7.33. The number of aromatic nitrogens is 1. The molecule has 1 aliphatic carbocycles. The van der Waals surface area contributed by atoms with Gasteiger partial charge in [-0.05, 0) is 37.7 Å². The highest BCUT2D eigenvalue weighted by molar-refractivity contribution is 5.37. The minimum atomic E-state index is 0.332. The van der Waals surface area contributed by atoms with Crippen LogP contribution < -0.4 is 10.5 Å². The zero-order valence-corrected chi connectivity index (χ0v) is 11.6. The molecule has 2 rings (SSSR count). The normalized spacial score (nSPS) is 22.4. The standard InChI is InChI=1S/C16H22N2O/c1-2-14-7-3-4-8-16(14)19-15-10-13(6-5-9-17)11-18-12-15/h10-12,14,16H,2-4,7-9,17H2,1H3. The van der Waals surface area contributed by atoms with Gasteiger partial charge in [-0.3, -0.25) is 4.98 Å². The monoisotopic (exact) mass is 258 g/mol. The molecule has 0 aliphatic heterocycles. The fraction of sp³-hybridized carbons (Fsp3) is 0.562. The van der Waals surface area contributed by atoms with Gasteiger partial charge in [0, 0.05) is 11.8 Å². The number of ether oxygens (including phenoxy) is 1. The van der Waals surface area contributed by atoms with Crippen LogP contribution in [0.1, 0.15) is 44.6 Å². The third-order valence-corrected chi connectivity index (χ3v) is 3.70. The largest absolute Gasteiger partial charge is 0.488 e. The molecule has 1 fully saturated rings. The topological polar surface area (TPSA) is 48.1 Å². The fourth-order valence-electron chi connectivity index (χ4n) is 2.68. The van der Waals surface area contributed by atoms with Crippen LogP contribution in [0.3, 0.4) is 0 Å². The van der Waals surface area contributed by atoms with Gasteiger partial charge in [0.15, 0.2) is 0 Å². The number of hydrogen-bond donors (Lipinski definition) is 1. The summed E-state index contributed by atoms with van der Waals surface area (Å²) in [5, 5.41) is 0. The van der Waals surface area contributed by atoms with Crippen molar-refractivity contribution in [3.05, 3.63) is 24.0 Å². The third-order valence-electron chi connectivity index (χ3n) is 3.70. The summed E-state index contributed by atoms with van der Waals surface area (Å²) in [6.45, 7) is 2.61. The number of rotatable bonds is 3. The molecule has 102 valence electrons. The first-order valence-electron chi connectivity index (χ1n) is 7.14. The van der Waals surface area contributed by atoms with Gasteiger partial charge in [0.1, 0.15) is 11.9 Å². The molecular formula is C16H22N2O. The van der Waals surface area contributed by atoms with Crippen molar-refractivity contribution in [3.8, 4) is 17.6 Å². The van der Waals surface area contributed by atoms with Gasteiger partial charge in [-0.1, -0.05) is 25.2 Å². The van der Waals surface area contributed by atoms with E-state index >= 15 is 0 Å². The maximum atomic E-state index is 6.12. The smallest absolute Gasteiger partial charge is 0.139 e. The van der Waals surface area contributed by atoms with E-state index in [9.17, 15) is 0 Å². The quantitative estimate of drug-likeness (QED) is 0.848. The molecule has 0 amide bonds. The predicted octanol–water partition coefficient (Wildman–Crippen LogP) is 2.74. The summed E-state index contributed by atoms with van der Waals surface area (Å²) in [7, 11) is 0. The Morgan fingerprint density at radius 2 is 2.21 bits per heavy atom. The number of hydrogen-bond acceptors (Lipinski definition) is 3. The lowest BCUT2D eigenvalue weighted by atomic mass is 9.85. The van der Waals surface area contributed by atoms with Crippen molar-refractivity contribution in [1.82, 2.24) is 4.98 Å². The first kappa shape index (κ1) is 13.9. The molecule has 0 radical (unpaired) electrons. The molecule has 1 heterocycles. The fourth-order valence-corrected chi connectivity index (χ4v) is 2.68. The molecule has 0 bridgehead atoms. The van der Waals surface area contributed by atoms with Crippen LogP contribution in [0.4, 0.5) is 0 Å². The minimum Gasteiger partial charge on any atom is -0.488 e. The lowest BCUT2D eigenvalue weighted by Crippen LogP contribution is -2.29. The zero-order chi connectivity index (χ0) is 13.5. The second-order valence-corrected chi connectivity index (χ2v) is 5.02. The van der Waals surface area contributed by atoms with Crippen molar-refractivity contribution in [3.63, 3.8) is 0 Å². The van der Waals surface area contributed by atoms with E-state index in [2.05, 4.69) is 23.7 Å². The van der Waals surface area contributed by atoms with E-state index in [4.69, 9.17) is 10.5 Å². The van der Waals surface area contributed by atoms with Gasteiger partial charge in [0.25, 0.3) is 0 Å². The maximum Gasteiger partial charge on any atom is 0.139 e. The van der Waals surface area contributed by atoms with E-state index < -0.39 is 0 Å². The van der Waals surface area contributed by atoms with Crippen LogP contribution >= 0.6 is 0 Å². The molecular weight excluding hydrogens is 236 g/mol. The molecule has 2 atom stereocenters. The van der Waals surface area contributed by atoms with Crippen LogP contribution in [0.2, 0.25) is 0 Å². The second-order valence-electron chi connectivity index (χ2n) is 5.02. The van der Waals surface area contributed by atoms with Crippen molar-refractivity contribution in [2.75, 3.05) is 6.54 Å². The van der Waals surface area contributed by atoms with Crippen molar-refractivity contribution >= 4 is 0 Å². The molecule has 0 aromatic carbocycles. The van der Waals surface area contributed by atoms with Gasteiger partial charge >= 0.3 is 0 Å². The Bertz CT molecular complexity index is 461. The Morgan fingerprint density at radius 1 is 1.37 bits per heavy atom. The van der Waals surface area contributed by atoms with E-state index in [-0.39, 0.29) is 0 Å². The Kier molecular flexibility index (Phi) is 5.23. The summed E-state index contributed by atoms with van der Waals surface area (Å²) in [6, 6.07) is 1.96. The molecule has 2 unspecified atom stereocenters. The summed E-state index contributed by atoms with van der Waals surface area (Å²) in [4.78, 5) is 4.19. The highest BCUT2D eigenvalue weighted by Gasteiger charge is 2.25. The molecule has 3 nitrogen and oxygen atoms in total. The highest BCUT2D eigenvalue weighted by atomic mass is 16.5.